The Labute approximate surface area is 191 Å². The first-order valence-electron chi connectivity index (χ1n) is 11.8. The minimum Gasteiger partial charge on any atom is -0.393 e. The van der Waals surface area contributed by atoms with Gasteiger partial charge in [-0.3, -0.25) is 4.79 Å². The smallest absolute Gasteiger partial charge is 0.230 e. The van der Waals surface area contributed by atoms with Crippen LogP contribution >= 0.6 is 0 Å². The van der Waals surface area contributed by atoms with Gasteiger partial charge in [-0.2, -0.15) is 0 Å². The highest BCUT2D eigenvalue weighted by atomic mass is 19.1. The van der Waals surface area contributed by atoms with Crippen molar-refractivity contribution in [1.29, 1.82) is 0 Å². The summed E-state index contributed by atoms with van der Waals surface area (Å²) in [7, 11) is 3.62. The highest BCUT2D eigenvalue weighted by Gasteiger charge is 2.42. The van der Waals surface area contributed by atoms with Gasteiger partial charge in [-0.05, 0) is 50.3 Å². The number of guanidine groups is 1. The van der Waals surface area contributed by atoms with Crippen molar-refractivity contribution in [2.75, 3.05) is 45.2 Å². The summed E-state index contributed by atoms with van der Waals surface area (Å²) < 4.78 is 14.7. The maximum atomic E-state index is 14.7. The maximum Gasteiger partial charge on any atom is 0.230 e. The number of nitrogens with one attached hydrogen (secondary N) is 2. The van der Waals surface area contributed by atoms with E-state index in [1.165, 1.54) is 0 Å². The van der Waals surface area contributed by atoms with Gasteiger partial charge in [-0.15, -0.1) is 0 Å². The fourth-order valence-electron chi connectivity index (χ4n) is 4.77. The van der Waals surface area contributed by atoms with Gasteiger partial charge in [0.05, 0.1) is 23.8 Å². The van der Waals surface area contributed by atoms with Gasteiger partial charge in [0.25, 0.3) is 0 Å². The van der Waals surface area contributed by atoms with Crippen LogP contribution in [0.1, 0.15) is 51.0 Å². The molecule has 1 aromatic rings. The van der Waals surface area contributed by atoms with Crippen molar-refractivity contribution >= 4 is 17.6 Å². The zero-order chi connectivity index (χ0) is 23.1. The number of halogens is 1. The lowest BCUT2D eigenvalue weighted by Crippen LogP contribution is -2.49. The number of aliphatic imine (C=N–C) groups is 1. The van der Waals surface area contributed by atoms with E-state index in [0.717, 1.165) is 31.2 Å². The van der Waals surface area contributed by atoms with Crippen molar-refractivity contribution < 1.29 is 14.3 Å². The standard InChI is InChI=1S/C24H38FN5O2/c1-4-26-23(28-17-24(11-5-6-12-24)22(32)29(2)3)27-16-18-7-8-21(20(25)15-18)30-13-9-19(31)10-14-30/h7-8,15,19,31H,4-6,9-14,16-17H2,1-3H3,(H2,26,27,28). The van der Waals surface area contributed by atoms with Gasteiger partial charge in [-0.25, -0.2) is 9.38 Å². The molecule has 0 radical (unpaired) electrons. The molecule has 3 N–H and O–H groups in total. The number of hydrogen-bond donors (Lipinski definition) is 3. The van der Waals surface area contributed by atoms with Crippen molar-refractivity contribution in [3.05, 3.63) is 29.6 Å². The molecular formula is C24H38FN5O2. The van der Waals surface area contributed by atoms with Gasteiger partial charge in [-0.1, -0.05) is 18.9 Å². The highest BCUT2D eigenvalue weighted by molar-refractivity contribution is 5.85. The van der Waals surface area contributed by atoms with Gasteiger partial charge in [0.1, 0.15) is 5.82 Å². The molecule has 0 atom stereocenters. The van der Waals surface area contributed by atoms with E-state index in [1.807, 2.05) is 38.1 Å². The van der Waals surface area contributed by atoms with E-state index < -0.39 is 0 Å². The van der Waals surface area contributed by atoms with E-state index in [4.69, 9.17) is 0 Å². The zero-order valence-electron chi connectivity index (χ0n) is 19.7. The molecule has 2 aliphatic rings. The van der Waals surface area contributed by atoms with Crippen LogP contribution in [-0.2, 0) is 11.3 Å². The molecule has 1 heterocycles. The van der Waals surface area contributed by atoms with Crippen LogP contribution in [0.2, 0.25) is 0 Å². The average molecular weight is 448 g/mol. The normalized spacial score (nSPS) is 19.2. The Kier molecular flexibility index (Phi) is 8.34. The molecule has 0 spiro atoms. The fraction of sp³-hybridized carbons (Fsp3) is 0.667. The number of anilines is 1. The molecule has 1 aliphatic carbocycles. The first-order chi connectivity index (χ1) is 15.3. The van der Waals surface area contributed by atoms with Crippen molar-refractivity contribution in [1.82, 2.24) is 15.5 Å². The van der Waals surface area contributed by atoms with Gasteiger partial charge in [0.2, 0.25) is 5.91 Å². The van der Waals surface area contributed by atoms with Gasteiger partial charge in [0, 0.05) is 40.3 Å². The Hall–Kier alpha value is -2.35. The molecular weight excluding hydrogens is 409 g/mol. The number of aliphatic hydroxyl groups excluding tert-OH is 1. The molecule has 0 bridgehead atoms. The minimum absolute atomic E-state index is 0.168. The largest absolute Gasteiger partial charge is 0.393 e. The summed E-state index contributed by atoms with van der Waals surface area (Å²) >= 11 is 0. The topological polar surface area (TPSA) is 80.2 Å². The Bertz CT molecular complexity index is 800. The first-order valence-corrected chi connectivity index (χ1v) is 11.8. The summed E-state index contributed by atoms with van der Waals surface area (Å²) in [5, 5.41) is 16.3. The van der Waals surface area contributed by atoms with Crippen LogP contribution < -0.4 is 15.5 Å². The lowest BCUT2D eigenvalue weighted by Gasteiger charge is -2.31. The Balaban J connectivity index is 1.64. The number of piperidine rings is 1. The molecule has 0 aromatic heterocycles. The number of amides is 1. The second kappa shape index (κ2) is 11.0. The first kappa shape index (κ1) is 24.3. The number of carbonyl (C=O) groups is 1. The second-order valence-electron chi connectivity index (χ2n) is 9.24. The number of nitrogens with zero attached hydrogens (tertiary/aromatic N) is 3. The van der Waals surface area contributed by atoms with E-state index >= 15 is 0 Å². The van der Waals surface area contributed by atoms with Crippen LogP contribution in [-0.4, -0.2) is 68.3 Å². The molecule has 32 heavy (non-hydrogen) atoms. The Morgan fingerprint density at radius 3 is 2.53 bits per heavy atom. The monoisotopic (exact) mass is 447 g/mol. The third kappa shape index (κ3) is 5.91. The molecule has 2 fully saturated rings. The Morgan fingerprint density at radius 2 is 1.94 bits per heavy atom. The lowest BCUT2D eigenvalue weighted by atomic mass is 9.84. The van der Waals surface area contributed by atoms with Crippen molar-refractivity contribution in [3.63, 3.8) is 0 Å². The van der Waals surface area contributed by atoms with E-state index in [-0.39, 0.29) is 23.2 Å². The van der Waals surface area contributed by atoms with Crippen LogP contribution in [0.25, 0.3) is 0 Å². The van der Waals surface area contributed by atoms with Crippen LogP contribution in [0.4, 0.5) is 10.1 Å². The van der Waals surface area contributed by atoms with Gasteiger partial charge >= 0.3 is 0 Å². The molecule has 1 amide bonds. The van der Waals surface area contributed by atoms with E-state index in [0.29, 0.717) is 57.2 Å². The third-order valence-corrected chi connectivity index (χ3v) is 6.60. The van der Waals surface area contributed by atoms with Crippen LogP contribution in [0, 0.1) is 11.2 Å². The van der Waals surface area contributed by atoms with Gasteiger partial charge < -0.3 is 25.5 Å². The van der Waals surface area contributed by atoms with Crippen molar-refractivity contribution in [2.45, 2.75) is 58.1 Å². The summed E-state index contributed by atoms with van der Waals surface area (Å²) in [5.74, 6) is 0.551. The quantitative estimate of drug-likeness (QED) is 0.442. The van der Waals surface area contributed by atoms with Crippen LogP contribution in [0.15, 0.2) is 23.2 Å². The third-order valence-electron chi connectivity index (χ3n) is 6.60. The van der Waals surface area contributed by atoms with E-state index in [1.54, 1.807) is 11.0 Å². The SMILES string of the molecule is CCNC(=NCc1ccc(N2CCC(O)CC2)c(F)c1)NCC1(C(=O)N(C)C)CCCC1. The minimum atomic E-state index is -0.379. The number of benzene rings is 1. The zero-order valence-corrected chi connectivity index (χ0v) is 19.7. The predicted molar refractivity (Wildman–Crippen MR) is 126 cm³/mol. The summed E-state index contributed by atoms with van der Waals surface area (Å²) in [5.41, 5.74) is 0.996. The van der Waals surface area contributed by atoms with Gasteiger partial charge in [0.15, 0.2) is 5.96 Å². The summed E-state index contributed by atoms with van der Waals surface area (Å²) in [6.07, 6.45) is 4.96. The fourth-order valence-corrected chi connectivity index (χ4v) is 4.77. The predicted octanol–water partition coefficient (Wildman–Crippen LogP) is 2.49. The lowest BCUT2D eigenvalue weighted by molar-refractivity contribution is -0.138. The molecule has 3 rings (SSSR count). The number of rotatable bonds is 7. The molecule has 178 valence electrons. The summed E-state index contributed by atoms with van der Waals surface area (Å²) in [6, 6.07) is 5.26. The number of hydrogen-bond acceptors (Lipinski definition) is 4. The average Bonchev–Trinajstić information content (AvgIpc) is 3.26. The van der Waals surface area contributed by atoms with Crippen LogP contribution in [0.3, 0.4) is 0 Å². The molecule has 7 nitrogen and oxygen atoms in total. The molecule has 1 aromatic carbocycles. The van der Waals surface area contributed by atoms with Crippen molar-refractivity contribution in [3.8, 4) is 0 Å². The molecule has 1 saturated carbocycles. The van der Waals surface area contributed by atoms with E-state index in [9.17, 15) is 14.3 Å². The second-order valence-corrected chi connectivity index (χ2v) is 9.24. The van der Waals surface area contributed by atoms with Crippen molar-refractivity contribution in [2.24, 2.45) is 10.4 Å². The summed E-state index contributed by atoms with van der Waals surface area (Å²) in [6.45, 7) is 4.92. The molecule has 0 unspecified atom stereocenters. The highest BCUT2D eigenvalue weighted by Crippen LogP contribution is 2.38. The number of aliphatic hydroxyl groups is 1. The summed E-state index contributed by atoms with van der Waals surface area (Å²) in [4.78, 5) is 21.1. The van der Waals surface area contributed by atoms with E-state index in [2.05, 4.69) is 15.6 Å². The Morgan fingerprint density at radius 1 is 1.25 bits per heavy atom. The molecule has 8 heteroatoms. The molecule has 1 saturated heterocycles. The maximum absolute atomic E-state index is 14.7. The number of carbonyl (C=O) groups excluding carboxylic acids is 1. The molecule has 1 aliphatic heterocycles. The van der Waals surface area contributed by atoms with Crippen LogP contribution in [0.5, 0.6) is 0 Å².